The Morgan fingerprint density at radius 3 is 1.84 bits per heavy atom. The van der Waals surface area contributed by atoms with E-state index in [-0.39, 0.29) is 6.71 Å². The molecular weight excluding hydrogens is 523 g/mol. The molecule has 3 aliphatic carbocycles. The molecule has 6 aromatic rings. The molecule has 0 saturated heterocycles. The van der Waals surface area contributed by atoms with Crippen molar-refractivity contribution in [2.24, 2.45) is 0 Å². The van der Waals surface area contributed by atoms with Crippen molar-refractivity contribution in [3.63, 3.8) is 0 Å². The van der Waals surface area contributed by atoms with E-state index in [4.69, 9.17) is 9.47 Å². The molecule has 2 nitrogen and oxygen atoms in total. The van der Waals surface area contributed by atoms with Gasteiger partial charge in [-0.25, -0.2) is 0 Å². The molecule has 0 unspecified atom stereocenters. The molecule has 12 rings (SSSR count). The number of rotatable bonds is 0. The van der Waals surface area contributed by atoms with Gasteiger partial charge in [-0.2, -0.15) is 0 Å². The van der Waals surface area contributed by atoms with Crippen molar-refractivity contribution in [1.82, 2.24) is 0 Å². The van der Waals surface area contributed by atoms with E-state index in [1.165, 1.54) is 94.3 Å². The highest BCUT2D eigenvalue weighted by Crippen LogP contribution is 2.53. The highest BCUT2D eigenvalue weighted by Gasteiger charge is 2.49. The van der Waals surface area contributed by atoms with E-state index in [2.05, 4.69) is 91.0 Å². The summed E-state index contributed by atoms with van der Waals surface area (Å²) in [6, 6.07) is 33.9. The van der Waals surface area contributed by atoms with E-state index >= 15 is 0 Å². The van der Waals surface area contributed by atoms with E-state index in [1.807, 2.05) is 0 Å². The average molecular weight is 546 g/mol. The molecular formula is C40H23BO2. The van der Waals surface area contributed by atoms with E-state index in [0.717, 1.165) is 48.7 Å². The maximum absolute atomic E-state index is 7.29. The molecule has 0 atom stereocenters. The second kappa shape index (κ2) is 7.13. The minimum absolute atomic E-state index is 0.123. The first-order chi connectivity index (χ1) is 21.3. The molecule has 0 N–H and O–H groups in total. The number of fused-ring (bicyclic) bond motifs is 12. The summed E-state index contributed by atoms with van der Waals surface area (Å²) in [5, 5.41) is 0. The van der Waals surface area contributed by atoms with Gasteiger partial charge in [0, 0.05) is 23.0 Å². The zero-order chi connectivity index (χ0) is 27.6. The van der Waals surface area contributed by atoms with Crippen LogP contribution in [-0.2, 0) is 25.7 Å². The molecule has 6 aromatic carbocycles. The Labute approximate surface area is 249 Å². The molecule has 198 valence electrons. The van der Waals surface area contributed by atoms with Gasteiger partial charge in [0.25, 0.3) is 6.71 Å². The van der Waals surface area contributed by atoms with Crippen molar-refractivity contribution in [2.75, 3.05) is 0 Å². The maximum Gasteiger partial charge on any atom is 0.261 e. The van der Waals surface area contributed by atoms with Crippen LogP contribution in [0.3, 0.4) is 0 Å². The van der Waals surface area contributed by atoms with Gasteiger partial charge in [0.1, 0.15) is 23.0 Å². The zero-order valence-corrected chi connectivity index (χ0v) is 23.4. The van der Waals surface area contributed by atoms with Crippen molar-refractivity contribution in [2.45, 2.75) is 25.7 Å². The first kappa shape index (κ1) is 21.7. The third kappa shape index (κ3) is 2.45. The van der Waals surface area contributed by atoms with Gasteiger partial charge in [0.15, 0.2) is 0 Å². The highest BCUT2D eigenvalue weighted by molar-refractivity contribution is 6.99. The van der Waals surface area contributed by atoms with Gasteiger partial charge >= 0.3 is 0 Å². The standard InChI is InChI=1S/C40H23BO2/c1-5-11-26-21(8-1)14-29-30(26)19-34-37-31(29)17-24-16-28-25-10-4-2-9-22(25)15-32(28)39-36(24)41(37)38-33(42-34)18-23-13-20-7-3-6-12-27(20)35(23)40(38)43-39/h1-12,16,18-19H,13-15,17H2. The Morgan fingerprint density at radius 2 is 1.05 bits per heavy atom. The van der Waals surface area contributed by atoms with E-state index in [9.17, 15) is 0 Å². The van der Waals surface area contributed by atoms with Crippen LogP contribution >= 0.6 is 0 Å². The Hall–Kier alpha value is -5.02. The topological polar surface area (TPSA) is 18.5 Å². The van der Waals surface area contributed by atoms with Crippen LogP contribution in [0.15, 0.2) is 91.0 Å². The summed E-state index contributed by atoms with van der Waals surface area (Å²) in [6.45, 7) is 0.123. The van der Waals surface area contributed by atoms with Crippen molar-refractivity contribution in [3.05, 3.63) is 136 Å². The number of benzene rings is 6. The molecule has 43 heavy (non-hydrogen) atoms. The van der Waals surface area contributed by atoms with Gasteiger partial charge in [0.2, 0.25) is 0 Å². The number of hydrogen-bond donors (Lipinski definition) is 0. The van der Waals surface area contributed by atoms with Gasteiger partial charge in [-0.05, 0) is 109 Å². The van der Waals surface area contributed by atoms with Crippen molar-refractivity contribution in [3.8, 4) is 56.4 Å². The molecule has 0 bridgehead atoms. The van der Waals surface area contributed by atoms with E-state index in [0.29, 0.717) is 0 Å². The van der Waals surface area contributed by atoms with Gasteiger partial charge in [-0.3, -0.25) is 0 Å². The van der Waals surface area contributed by atoms with Gasteiger partial charge in [-0.1, -0.05) is 78.9 Å². The maximum atomic E-state index is 7.29. The van der Waals surface area contributed by atoms with Crippen LogP contribution in [-0.4, -0.2) is 6.71 Å². The second-order valence-corrected chi connectivity index (χ2v) is 13.1. The zero-order valence-electron chi connectivity index (χ0n) is 23.4. The monoisotopic (exact) mass is 546 g/mol. The fourth-order valence-corrected chi connectivity index (χ4v) is 9.40. The van der Waals surface area contributed by atoms with Crippen molar-refractivity contribution in [1.29, 1.82) is 0 Å². The molecule has 0 saturated carbocycles. The lowest BCUT2D eigenvalue weighted by Gasteiger charge is -2.40. The molecule has 0 fully saturated rings. The summed E-state index contributed by atoms with van der Waals surface area (Å²) in [7, 11) is 0. The van der Waals surface area contributed by atoms with Crippen LogP contribution in [0.2, 0.25) is 0 Å². The predicted octanol–water partition coefficient (Wildman–Crippen LogP) is 7.03. The average Bonchev–Trinajstić information content (AvgIpc) is 3.72. The van der Waals surface area contributed by atoms with Gasteiger partial charge in [-0.15, -0.1) is 0 Å². The minimum Gasteiger partial charge on any atom is -0.458 e. The Bertz CT molecular complexity index is 2360. The summed E-state index contributed by atoms with van der Waals surface area (Å²) >= 11 is 0. The third-order valence-corrected chi connectivity index (χ3v) is 11.1. The van der Waals surface area contributed by atoms with Crippen LogP contribution in [0.1, 0.15) is 44.5 Å². The predicted molar refractivity (Wildman–Crippen MR) is 172 cm³/mol. The first-order valence-corrected chi connectivity index (χ1v) is 15.5. The molecule has 3 heteroatoms. The van der Waals surface area contributed by atoms with Crippen LogP contribution in [0.5, 0.6) is 23.0 Å². The fraction of sp³-hybridized carbons (Fsp3) is 0.100. The molecule has 3 heterocycles. The molecule has 3 aliphatic heterocycles. The summed E-state index contributed by atoms with van der Waals surface area (Å²) in [6.07, 6.45) is 3.74. The number of ether oxygens (including phenoxy) is 2. The SMILES string of the molecule is c1ccc2c(c1)Cc1c-2cc2c3c1Cc1cc4c(c5c1B3c1c(cc3c(c1O5)-c1ccccc1C3)O2)Cc1ccccc1-4. The highest BCUT2D eigenvalue weighted by atomic mass is 16.5. The normalized spacial score (nSPS) is 15.4. The van der Waals surface area contributed by atoms with Crippen LogP contribution in [0, 0.1) is 0 Å². The molecule has 0 radical (unpaired) electrons. The summed E-state index contributed by atoms with van der Waals surface area (Å²) < 4.78 is 14.3. The summed E-state index contributed by atoms with van der Waals surface area (Å²) in [4.78, 5) is 0. The first-order valence-electron chi connectivity index (χ1n) is 15.5. The summed E-state index contributed by atoms with van der Waals surface area (Å²) in [5.41, 5.74) is 23.2. The lowest BCUT2D eigenvalue weighted by Crippen LogP contribution is -2.62. The van der Waals surface area contributed by atoms with Gasteiger partial charge < -0.3 is 9.47 Å². The molecule has 6 aliphatic rings. The lowest BCUT2D eigenvalue weighted by molar-refractivity contribution is 0.462. The minimum atomic E-state index is 0.123. The second-order valence-electron chi connectivity index (χ2n) is 13.1. The third-order valence-electron chi connectivity index (χ3n) is 11.1. The van der Waals surface area contributed by atoms with Crippen LogP contribution < -0.4 is 25.9 Å². The quantitative estimate of drug-likeness (QED) is 0.190. The summed E-state index contributed by atoms with van der Waals surface area (Å²) in [5.74, 6) is 4.13. The molecule has 0 spiro atoms. The number of hydrogen-bond acceptors (Lipinski definition) is 2. The lowest BCUT2D eigenvalue weighted by atomic mass is 9.31. The van der Waals surface area contributed by atoms with Crippen molar-refractivity contribution < 1.29 is 9.47 Å². The van der Waals surface area contributed by atoms with Crippen molar-refractivity contribution >= 4 is 23.1 Å². The van der Waals surface area contributed by atoms with E-state index in [1.54, 1.807) is 0 Å². The Morgan fingerprint density at radius 1 is 0.419 bits per heavy atom. The molecule has 0 amide bonds. The van der Waals surface area contributed by atoms with Crippen LogP contribution in [0.4, 0.5) is 0 Å². The largest absolute Gasteiger partial charge is 0.458 e. The van der Waals surface area contributed by atoms with Crippen LogP contribution in [0.25, 0.3) is 33.4 Å². The van der Waals surface area contributed by atoms with Gasteiger partial charge in [0.05, 0.1) is 0 Å². The fourth-order valence-electron chi connectivity index (χ4n) is 9.40. The Balaban J connectivity index is 1.21. The van der Waals surface area contributed by atoms with E-state index < -0.39 is 0 Å². The smallest absolute Gasteiger partial charge is 0.261 e. The Kier molecular flexibility index (Phi) is 3.59. The molecule has 0 aromatic heterocycles.